The first-order valence-electron chi connectivity index (χ1n) is 7.83. The molecule has 1 aliphatic carbocycles. The van der Waals surface area contributed by atoms with E-state index in [0.29, 0.717) is 17.7 Å². The van der Waals surface area contributed by atoms with Crippen molar-refractivity contribution in [2.45, 2.75) is 32.2 Å². The lowest BCUT2D eigenvalue weighted by Gasteiger charge is -2.15. The van der Waals surface area contributed by atoms with Crippen LogP contribution in [-0.2, 0) is 6.18 Å². The number of rotatable bonds is 6. The van der Waals surface area contributed by atoms with Gasteiger partial charge in [-0.15, -0.1) is 0 Å². The minimum absolute atomic E-state index is 0.119. The van der Waals surface area contributed by atoms with E-state index in [-0.39, 0.29) is 17.6 Å². The van der Waals surface area contributed by atoms with E-state index in [4.69, 9.17) is 9.47 Å². The van der Waals surface area contributed by atoms with Gasteiger partial charge in [0.25, 0.3) is 0 Å². The molecule has 8 heteroatoms. The molecule has 0 bridgehead atoms. The molecule has 0 saturated heterocycles. The molecule has 0 aromatic heterocycles. The number of benzene rings is 2. The normalized spacial score (nSPS) is 19.3. The van der Waals surface area contributed by atoms with Gasteiger partial charge in [-0.3, -0.25) is 0 Å². The molecule has 0 aliphatic heterocycles. The Labute approximate surface area is 146 Å². The van der Waals surface area contributed by atoms with Gasteiger partial charge in [0.05, 0.1) is 5.56 Å². The Balaban J connectivity index is 1.83. The van der Waals surface area contributed by atoms with Crippen LogP contribution in [0.1, 0.15) is 18.9 Å². The molecule has 26 heavy (non-hydrogen) atoms. The van der Waals surface area contributed by atoms with Gasteiger partial charge in [-0.2, -0.15) is 22.0 Å². The van der Waals surface area contributed by atoms with Crippen molar-refractivity contribution < 1.29 is 36.2 Å². The molecular weight excluding hydrogens is 359 g/mol. The molecule has 2 atom stereocenters. The Kier molecular flexibility index (Phi) is 4.93. The molecule has 3 nitrogen and oxygen atoms in total. The lowest BCUT2D eigenvalue weighted by atomic mass is 10.2. The SMILES string of the molecule is CC1C[C@H]1Oc1cccc(Oc2ccc(C(F)(F)F)cc2OC(F)F)c1. The molecule has 0 N–H and O–H groups in total. The maximum absolute atomic E-state index is 12.8. The Bertz CT molecular complexity index is 776. The third kappa shape index (κ3) is 4.56. The fourth-order valence-corrected chi connectivity index (χ4v) is 2.32. The van der Waals surface area contributed by atoms with Gasteiger partial charge in [-0.25, -0.2) is 0 Å². The highest BCUT2D eigenvalue weighted by Gasteiger charge is 2.35. The van der Waals surface area contributed by atoms with E-state index in [1.807, 2.05) is 6.92 Å². The second-order valence-electron chi connectivity index (χ2n) is 5.98. The van der Waals surface area contributed by atoms with Crippen LogP contribution in [-0.4, -0.2) is 12.7 Å². The van der Waals surface area contributed by atoms with Gasteiger partial charge in [0.2, 0.25) is 0 Å². The summed E-state index contributed by atoms with van der Waals surface area (Å²) in [5.74, 6) is 0.266. The van der Waals surface area contributed by atoms with Gasteiger partial charge >= 0.3 is 12.8 Å². The lowest BCUT2D eigenvalue weighted by molar-refractivity contribution is -0.138. The number of hydrogen-bond donors (Lipinski definition) is 0. The summed E-state index contributed by atoms with van der Waals surface area (Å²) >= 11 is 0. The molecule has 2 aromatic rings. The number of alkyl halides is 5. The predicted octanol–water partition coefficient (Wildman–Crippen LogP) is 5.89. The summed E-state index contributed by atoms with van der Waals surface area (Å²) < 4.78 is 78.7. The summed E-state index contributed by atoms with van der Waals surface area (Å²) in [6.45, 7) is -1.24. The van der Waals surface area contributed by atoms with Crippen molar-refractivity contribution in [2.24, 2.45) is 5.92 Å². The summed E-state index contributed by atoms with van der Waals surface area (Å²) in [6, 6.07) is 8.57. The fraction of sp³-hybridized carbons (Fsp3) is 0.333. The minimum Gasteiger partial charge on any atom is -0.490 e. The molecular formula is C18H15F5O3. The largest absolute Gasteiger partial charge is 0.490 e. The highest BCUT2D eigenvalue weighted by Crippen LogP contribution is 2.40. The average molecular weight is 374 g/mol. The molecule has 2 aromatic carbocycles. The van der Waals surface area contributed by atoms with Crippen molar-refractivity contribution in [1.29, 1.82) is 0 Å². The first-order chi connectivity index (χ1) is 12.2. The van der Waals surface area contributed by atoms with Crippen molar-refractivity contribution >= 4 is 0 Å². The summed E-state index contributed by atoms with van der Waals surface area (Å²) in [5.41, 5.74) is -1.11. The Morgan fingerprint density at radius 2 is 1.69 bits per heavy atom. The van der Waals surface area contributed by atoms with E-state index in [1.54, 1.807) is 12.1 Å². The van der Waals surface area contributed by atoms with Crippen molar-refractivity contribution in [2.75, 3.05) is 0 Å². The lowest BCUT2D eigenvalue weighted by Crippen LogP contribution is -2.08. The summed E-state index contributed by atoms with van der Waals surface area (Å²) in [7, 11) is 0. The first kappa shape index (κ1) is 18.3. The van der Waals surface area contributed by atoms with Gasteiger partial charge in [-0.1, -0.05) is 13.0 Å². The Hall–Kier alpha value is -2.51. The summed E-state index contributed by atoms with van der Waals surface area (Å²) in [4.78, 5) is 0. The zero-order chi connectivity index (χ0) is 18.9. The van der Waals surface area contributed by atoms with Crippen LogP contribution in [0.5, 0.6) is 23.0 Å². The van der Waals surface area contributed by atoms with E-state index >= 15 is 0 Å². The van der Waals surface area contributed by atoms with E-state index in [0.717, 1.165) is 18.6 Å². The van der Waals surface area contributed by atoms with Crippen LogP contribution >= 0.6 is 0 Å². The van der Waals surface area contributed by atoms with Gasteiger partial charge < -0.3 is 14.2 Å². The number of hydrogen-bond acceptors (Lipinski definition) is 3. The zero-order valence-corrected chi connectivity index (χ0v) is 13.6. The van der Waals surface area contributed by atoms with Gasteiger partial charge in [0.15, 0.2) is 11.5 Å². The highest BCUT2D eigenvalue weighted by molar-refractivity contribution is 5.47. The standard InChI is InChI=1S/C18H15F5O3/c1-10-7-15(10)25-13-4-2-3-12(9-13)24-14-6-5-11(18(21,22)23)8-16(14)26-17(19)20/h2-6,8-10,15,17H,7H2,1H3/t10?,15-/m1/s1. The molecule has 1 fully saturated rings. The van der Waals surface area contributed by atoms with Crippen molar-refractivity contribution in [3.05, 3.63) is 48.0 Å². The maximum atomic E-state index is 12.8. The molecule has 0 amide bonds. The summed E-state index contributed by atoms with van der Waals surface area (Å²) in [5, 5.41) is 0. The van der Waals surface area contributed by atoms with E-state index in [2.05, 4.69) is 4.74 Å². The minimum atomic E-state index is -4.69. The van der Waals surface area contributed by atoms with Crippen LogP contribution in [0.25, 0.3) is 0 Å². The Morgan fingerprint density at radius 3 is 2.31 bits per heavy atom. The van der Waals surface area contributed by atoms with Gasteiger partial charge in [0.1, 0.15) is 17.6 Å². The van der Waals surface area contributed by atoms with Gasteiger partial charge in [-0.05, 0) is 42.7 Å². The van der Waals surface area contributed by atoms with Crippen molar-refractivity contribution in [3.63, 3.8) is 0 Å². The maximum Gasteiger partial charge on any atom is 0.416 e. The fourth-order valence-electron chi connectivity index (χ4n) is 2.32. The highest BCUT2D eigenvalue weighted by atomic mass is 19.4. The second-order valence-corrected chi connectivity index (χ2v) is 5.98. The topological polar surface area (TPSA) is 27.7 Å². The number of halogens is 5. The molecule has 1 unspecified atom stereocenters. The van der Waals surface area contributed by atoms with Crippen LogP contribution in [0.2, 0.25) is 0 Å². The molecule has 0 spiro atoms. The van der Waals surface area contributed by atoms with E-state index < -0.39 is 24.1 Å². The van der Waals surface area contributed by atoms with Crippen molar-refractivity contribution in [1.82, 2.24) is 0 Å². The monoisotopic (exact) mass is 374 g/mol. The zero-order valence-electron chi connectivity index (χ0n) is 13.6. The third-order valence-electron chi connectivity index (χ3n) is 3.84. The van der Waals surface area contributed by atoms with Crippen LogP contribution < -0.4 is 14.2 Å². The molecule has 1 saturated carbocycles. The molecule has 0 radical (unpaired) electrons. The molecule has 0 heterocycles. The quantitative estimate of drug-likeness (QED) is 0.591. The average Bonchev–Trinajstić information content (AvgIpc) is 3.22. The molecule has 3 rings (SSSR count). The van der Waals surface area contributed by atoms with Crippen LogP contribution in [0, 0.1) is 5.92 Å². The van der Waals surface area contributed by atoms with Crippen molar-refractivity contribution in [3.8, 4) is 23.0 Å². The van der Waals surface area contributed by atoms with Crippen LogP contribution in [0.15, 0.2) is 42.5 Å². The first-order valence-corrected chi connectivity index (χ1v) is 7.83. The Morgan fingerprint density at radius 1 is 1.00 bits per heavy atom. The smallest absolute Gasteiger partial charge is 0.416 e. The predicted molar refractivity (Wildman–Crippen MR) is 82.8 cm³/mol. The van der Waals surface area contributed by atoms with Gasteiger partial charge in [0, 0.05) is 6.07 Å². The molecule has 140 valence electrons. The third-order valence-corrected chi connectivity index (χ3v) is 3.84. The van der Waals surface area contributed by atoms with E-state index in [9.17, 15) is 22.0 Å². The number of ether oxygens (including phenoxy) is 3. The van der Waals surface area contributed by atoms with Crippen LogP contribution in [0.4, 0.5) is 22.0 Å². The molecule has 1 aliphatic rings. The second kappa shape index (κ2) is 7.01. The summed E-state index contributed by atoms with van der Waals surface area (Å²) in [6.07, 6.45) is -3.63. The van der Waals surface area contributed by atoms with Crippen LogP contribution in [0.3, 0.4) is 0 Å². The van der Waals surface area contributed by atoms with E-state index in [1.165, 1.54) is 12.1 Å².